The second-order valence-electron chi connectivity index (χ2n) is 6.80. The molecule has 0 bridgehead atoms. The number of rotatable bonds is 9. The lowest BCUT2D eigenvalue weighted by atomic mass is 10.2. The van der Waals surface area contributed by atoms with Gasteiger partial charge in [-0.1, -0.05) is 24.6 Å². The molecule has 0 fully saturated rings. The summed E-state index contributed by atoms with van der Waals surface area (Å²) in [5.74, 6) is 0.538. The van der Waals surface area contributed by atoms with Crippen molar-refractivity contribution in [2.45, 2.75) is 33.7 Å². The summed E-state index contributed by atoms with van der Waals surface area (Å²) in [5, 5.41) is 0.536. The summed E-state index contributed by atoms with van der Waals surface area (Å²) >= 11 is 6.41. The predicted molar refractivity (Wildman–Crippen MR) is 119 cm³/mol. The third kappa shape index (κ3) is 5.52. The van der Waals surface area contributed by atoms with Crippen molar-refractivity contribution in [3.05, 3.63) is 52.4 Å². The molecule has 0 radical (unpaired) electrons. The van der Waals surface area contributed by atoms with E-state index in [9.17, 15) is 13.2 Å². The van der Waals surface area contributed by atoms with E-state index in [4.69, 9.17) is 16.3 Å². The van der Waals surface area contributed by atoms with Crippen molar-refractivity contribution in [3.63, 3.8) is 0 Å². The molecule has 0 atom stereocenters. The molecule has 1 amide bonds. The fourth-order valence-electron chi connectivity index (χ4n) is 2.96. The van der Waals surface area contributed by atoms with Crippen LogP contribution >= 0.6 is 11.6 Å². The van der Waals surface area contributed by atoms with Gasteiger partial charge in [0.15, 0.2) is 5.65 Å². The Labute approximate surface area is 186 Å². The largest absolute Gasteiger partial charge is 0.494 e. The maximum atomic E-state index is 12.4. The van der Waals surface area contributed by atoms with E-state index in [2.05, 4.69) is 14.7 Å². The monoisotopic (exact) mass is 465 g/mol. The van der Waals surface area contributed by atoms with Gasteiger partial charge in [0.2, 0.25) is 0 Å². The Balaban J connectivity index is 1.90. The van der Waals surface area contributed by atoms with Gasteiger partial charge in [0.05, 0.1) is 13.2 Å². The summed E-state index contributed by atoms with van der Waals surface area (Å²) in [6.45, 7) is 6.68. The summed E-state index contributed by atoms with van der Waals surface area (Å²) in [5.41, 5.74) is 1.83. The Kier molecular flexibility index (Phi) is 7.14. The van der Waals surface area contributed by atoms with Crippen LogP contribution in [-0.2, 0) is 16.8 Å². The molecule has 2 aromatic heterocycles. The molecule has 3 rings (SSSR count). The van der Waals surface area contributed by atoms with Crippen molar-refractivity contribution in [1.29, 1.82) is 0 Å². The number of carbonyl (C=O) groups is 1. The summed E-state index contributed by atoms with van der Waals surface area (Å²) in [7, 11) is -3.95. The number of fused-ring (bicyclic) bond motifs is 1. The highest BCUT2D eigenvalue weighted by atomic mass is 35.5. The molecule has 31 heavy (non-hydrogen) atoms. The quantitative estimate of drug-likeness (QED) is 0.502. The lowest BCUT2D eigenvalue weighted by Crippen LogP contribution is -2.40. The lowest BCUT2D eigenvalue weighted by molar-refractivity contribution is 0.0976. The topological polar surface area (TPSA) is 115 Å². The molecular formula is C20H24ClN5O4S. The molecule has 0 unspecified atom stereocenters. The standard InChI is InChI=1S/C20H24ClN5O4S/c1-4-10-22-31(28,29)25-20(27)18-9-8-17-19(24-18)26(13(3)23-17)12-14-6-7-15(30-5-2)11-16(14)21/h6-9,11,22H,4-5,10,12H2,1-3H3,(H,25,27). The summed E-state index contributed by atoms with van der Waals surface area (Å²) < 4.78 is 35.4. The molecule has 2 N–H and O–H groups in total. The van der Waals surface area contributed by atoms with Gasteiger partial charge >= 0.3 is 10.2 Å². The van der Waals surface area contributed by atoms with Gasteiger partial charge in [-0.2, -0.15) is 13.1 Å². The van der Waals surface area contributed by atoms with Gasteiger partial charge < -0.3 is 9.30 Å². The summed E-state index contributed by atoms with van der Waals surface area (Å²) in [4.78, 5) is 21.3. The summed E-state index contributed by atoms with van der Waals surface area (Å²) in [6, 6.07) is 8.51. The number of aromatic nitrogens is 3. The van der Waals surface area contributed by atoms with E-state index in [1.165, 1.54) is 6.07 Å². The number of amides is 1. The smallest absolute Gasteiger partial charge is 0.301 e. The van der Waals surface area contributed by atoms with E-state index in [-0.39, 0.29) is 12.2 Å². The van der Waals surface area contributed by atoms with Crippen LogP contribution < -0.4 is 14.2 Å². The zero-order valence-corrected chi connectivity index (χ0v) is 19.0. The third-order valence-corrected chi connectivity index (χ3v) is 5.84. The normalized spacial score (nSPS) is 11.6. The number of ether oxygens (including phenoxy) is 1. The molecular weight excluding hydrogens is 442 g/mol. The first-order valence-electron chi connectivity index (χ1n) is 9.81. The van der Waals surface area contributed by atoms with Crippen molar-refractivity contribution in [1.82, 2.24) is 24.0 Å². The van der Waals surface area contributed by atoms with Crippen LogP contribution in [0.5, 0.6) is 5.75 Å². The zero-order valence-electron chi connectivity index (χ0n) is 17.5. The van der Waals surface area contributed by atoms with Crippen LogP contribution in [0.25, 0.3) is 11.2 Å². The van der Waals surface area contributed by atoms with E-state index in [1.54, 1.807) is 12.1 Å². The van der Waals surface area contributed by atoms with Gasteiger partial charge in [0, 0.05) is 11.6 Å². The van der Waals surface area contributed by atoms with Crippen molar-refractivity contribution in [3.8, 4) is 5.75 Å². The number of aryl methyl sites for hydroxylation is 1. The molecule has 1 aromatic carbocycles. The fourth-order valence-corrected chi connectivity index (χ4v) is 4.08. The van der Waals surface area contributed by atoms with E-state index >= 15 is 0 Å². The van der Waals surface area contributed by atoms with Gasteiger partial charge in [-0.3, -0.25) is 4.79 Å². The minimum atomic E-state index is -3.95. The van der Waals surface area contributed by atoms with E-state index in [0.717, 1.165) is 5.56 Å². The van der Waals surface area contributed by atoms with Crippen LogP contribution in [0.4, 0.5) is 0 Å². The van der Waals surface area contributed by atoms with Crippen LogP contribution in [0, 0.1) is 6.92 Å². The van der Waals surface area contributed by atoms with Crippen LogP contribution in [-0.4, -0.2) is 42.0 Å². The Morgan fingerprint density at radius 2 is 1.97 bits per heavy atom. The number of carbonyl (C=O) groups excluding carboxylic acids is 1. The first kappa shape index (κ1) is 23.0. The molecule has 9 nitrogen and oxygen atoms in total. The molecule has 0 aliphatic heterocycles. The number of hydrogen-bond acceptors (Lipinski definition) is 6. The van der Waals surface area contributed by atoms with Crippen molar-refractivity contribution in [2.75, 3.05) is 13.2 Å². The van der Waals surface area contributed by atoms with Gasteiger partial charge in [-0.05, 0) is 50.1 Å². The Bertz CT molecular complexity index is 1210. The number of imidazole rings is 1. The number of nitrogens with one attached hydrogen (secondary N) is 2. The first-order valence-corrected chi connectivity index (χ1v) is 11.7. The molecule has 0 saturated carbocycles. The first-order chi connectivity index (χ1) is 14.7. The van der Waals surface area contributed by atoms with Crippen molar-refractivity contribution >= 4 is 38.9 Å². The molecule has 2 heterocycles. The molecule has 0 saturated heterocycles. The second kappa shape index (κ2) is 9.63. The SMILES string of the molecule is CCCNS(=O)(=O)NC(=O)c1ccc2nc(C)n(Cc3ccc(OCC)cc3Cl)c2n1. The fraction of sp³-hybridized carbons (Fsp3) is 0.350. The second-order valence-corrected chi connectivity index (χ2v) is 8.71. The zero-order chi connectivity index (χ0) is 22.6. The number of hydrogen-bond donors (Lipinski definition) is 2. The predicted octanol–water partition coefficient (Wildman–Crippen LogP) is 2.81. The van der Waals surface area contributed by atoms with Crippen LogP contribution in [0.15, 0.2) is 30.3 Å². The highest BCUT2D eigenvalue weighted by Gasteiger charge is 2.19. The van der Waals surface area contributed by atoms with Gasteiger partial charge in [-0.15, -0.1) is 0 Å². The molecule has 0 aliphatic rings. The van der Waals surface area contributed by atoms with Gasteiger partial charge in [-0.25, -0.2) is 14.7 Å². The average Bonchev–Trinajstić information content (AvgIpc) is 3.02. The van der Waals surface area contributed by atoms with E-state index < -0.39 is 16.1 Å². The number of nitrogens with zero attached hydrogens (tertiary/aromatic N) is 3. The molecule has 11 heteroatoms. The van der Waals surface area contributed by atoms with Crippen molar-refractivity contribution < 1.29 is 17.9 Å². The molecule has 3 aromatic rings. The van der Waals surface area contributed by atoms with Gasteiger partial charge in [0.1, 0.15) is 22.8 Å². The number of benzene rings is 1. The van der Waals surface area contributed by atoms with E-state index in [0.29, 0.717) is 47.3 Å². The number of halogens is 1. The van der Waals surface area contributed by atoms with Gasteiger partial charge in [0.25, 0.3) is 5.91 Å². The minimum Gasteiger partial charge on any atom is -0.494 e. The molecule has 166 valence electrons. The van der Waals surface area contributed by atoms with Crippen molar-refractivity contribution in [2.24, 2.45) is 0 Å². The average molecular weight is 466 g/mol. The summed E-state index contributed by atoms with van der Waals surface area (Å²) in [6.07, 6.45) is 0.603. The maximum Gasteiger partial charge on any atom is 0.301 e. The molecule has 0 spiro atoms. The Morgan fingerprint density at radius 1 is 1.19 bits per heavy atom. The maximum absolute atomic E-state index is 12.4. The Hall–Kier alpha value is -2.69. The van der Waals surface area contributed by atoms with Crippen LogP contribution in [0.1, 0.15) is 42.1 Å². The minimum absolute atomic E-state index is 0.0340. The molecule has 0 aliphatic carbocycles. The lowest BCUT2D eigenvalue weighted by Gasteiger charge is -2.11. The van der Waals surface area contributed by atoms with Crippen LogP contribution in [0.3, 0.4) is 0 Å². The highest BCUT2D eigenvalue weighted by molar-refractivity contribution is 7.88. The Morgan fingerprint density at radius 3 is 2.65 bits per heavy atom. The van der Waals surface area contributed by atoms with E-state index in [1.807, 2.05) is 42.2 Å². The highest BCUT2D eigenvalue weighted by Crippen LogP contribution is 2.25. The number of pyridine rings is 1. The third-order valence-electron chi connectivity index (χ3n) is 4.45. The van der Waals surface area contributed by atoms with Crippen LogP contribution in [0.2, 0.25) is 5.02 Å².